The van der Waals surface area contributed by atoms with Gasteiger partial charge >= 0.3 is 6.18 Å². The van der Waals surface area contributed by atoms with Crippen LogP contribution >= 0.6 is 0 Å². The van der Waals surface area contributed by atoms with E-state index in [2.05, 4.69) is 0 Å². The van der Waals surface area contributed by atoms with Gasteiger partial charge in [-0.15, -0.1) is 0 Å². The monoisotopic (exact) mass is 408 g/mol. The average Bonchev–Trinajstić information content (AvgIpc) is 2.73. The third-order valence-electron chi connectivity index (χ3n) is 4.97. The maximum Gasteiger partial charge on any atom is 0.416 e. The number of amides is 1. The number of benzene rings is 2. The molecular weight excluding hydrogens is 385 g/mol. The summed E-state index contributed by atoms with van der Waals surface area (Å²) in [5, 5.41) is 0. The van der Waals surface area contributed by atoms with Crippen molar-refractivity contribution in [3.05, 3.63) is 53.6 Å². The Labute approximate surface area is 167 Å². The van der Waals surface area contributed by atoms with Gasteiger partial charge in [0, 0.05) is 31.9 Å². The van der Waals surface area contributed by atoms with Crippen LogP contribution in [0.1, 0.15) is 11.1 Å². The van der Waals surface area contributed by atoms with Crippen LogP contribution in [-0.2, 0) is 17.4 Å². The van der Waals surface area contributed by atoms with Crippen molar-refractivity contribution >= 4 is 11.6 Å². The lowest BCUT2D eigenvalue weighted by atomic mass is 10.1. The molecule has 0 spiro atoms. The summed E-state index contributed by atoms with van der Waals surface area (Å²) in [6.07, 6.45) is -4.14. The van der Waals surface area contributed by atoms with Gasteiger partial charge in [-0.3, -0.25) is 4.79 Å². The average molecular weight is 408 g/mol. The van der Waals surface area contributed by atoms with Crippen LogP contribution in [0.25, 0.3) is 0 Å². The van der Waals surface area contributed by atoms with E-state index in [1.807, 2.05) is 11.0 Å². The maximum atomic E-state index is 12.9. The van der Waals surface area contributed by atoms with Crippen molar-refractivity contribution in [1.29, 1.82) is 0 Å². The van der Waals surface area contributed by atoms with Crippen LogP contribution in [0.15, 0.2) is 42.5 Å². The SMILES string of the molecule is COc1ccc(CC(=O)N2CCN(c3cccc(C(F)(F)F)c3)CC2)cc1OC. The second-order valence-corrected chi connectivity index (χ2v) is 6.78. The molecule has 1 aliphatic rings. The van der Waals surface area contributed by atoms with Gasteiger partial charge in [-0.1, -0.05) is 12.1 Å². The maximum absolute atomic E-state index is 12.9. The summed E-state index contributed by atoms with van der Waals surface area (Å²) in [5.74, 6) is 1.13. The van der Waals surface area contributed by atoms with Crippen molar-refractivity contribution in [3.63, 3.8) is 0 Å². The molecule has 0 bridgehead atoms. The lowest BCUT2D eigenvalue weighted by molar-refractivity contribution is -0.137. The highest BCUT2D eigenvalue weighted by molar-refractivity contribution is 5.79. The van der Waals surface area contributed by atoms with E-state index in [-0.39, 0.29) is 12.3 Å². The standard InChI is InChI=1S/C21H23F3N2O3/c1-28-18-7-6-15(12-19(18)29-2)13-20(27)26-10-8-25(9-11-26)17-5-3-4-16(14-17)21(22,23)24/h3-7,12,14H,8-11,13H2,1-2H3. The molecule has 0 N–H and O–H groups in total. The molecule has 1 fully saturated rings. The number of carbonyl (C=O) groups excluding carboxylic acids is 1. The van der Waals surface area contributed by atoms with Crippen molar-refractivity contribution in [2.45, 2.75) is 12.6 Å². The number of hydrogen-bond acceptors (Lipinski definition) is 4. The topological polar surface area (TPSA) is 42.0 Å². The second kappa shape index (κ2) is 8.63. The number of halogens is 3. The number of ether oxygens (including phenoxy) is 2. The highest BCUT2D eigenvalue weighted by atomic mass is 19.4. The minimum absolute atomic E-state index is 0.0269. The van der Waals surface area contributed by atoms with Gasteiger partial charge in [0.25, 0.3) is 0 Å². The molecule has 29 heavy (non-hydrogen) atoms. The fourth-order valence-electron chi connectivity index (χ4n) is 3.37. The third-order valence-corrected chi connectivity index (χ3v) is 4.97. The Morgan fingerprint density at radius 2 is 1.66 bits per heavy atom. The van der Waals surface area contributed by atoms with Crippen LogP contribution in [0.3, 0.4) is 0 Å². The minimum Gasteiger partial charge on any atom is -0.493 e. The summed E-state index contributed by atoms with van der Waals surface area (Å²) in [6.45, 7) is 1.89. The minimum atomic E-state index is -4.37. The summed E-state index contributed by atoms with van der Waals surface area (Å²) >= 11 is 0. The number of alkyl halides is 3. The number of anilines is 1. The zero-order chi connectivity index (χ0) is 21.0. The van der Waals surface area contributed by atoms with E-state index in [0.29, 0.717) is 43.4 Å². The Morgan fingerprint density at radius 3 is 2.28 bits per heavy atom. The zero-order valence-electron chi connectivity index (χ0n) is 16.3. The molecule has 0 aliphatic carbocycles. The van der Waals surface area contributed by atoms with Crippen LogP contribution in [0, 0.1) is 0 Å². The molecule has 1 amide bonds. The molecule has 1 heterocycles. The number of piperazine rings is 1. The molecule has 0 unspecified atom stereocenters. The Balaban J connectivity index is 1.60. The Bertz CT molecular complexity index is 862. The van der Waals surface area contributed by atoms with Gasteiger partial charge in [0.05, 0.1) is 26.2 Å². The number of nitrogens with zero attached hydrogens (tertiary/aromatic N) is 2. The van der Waals surface area contributed by atoms with Gasteiger partial charge in [0.15, 0.2) is 11.5 Å². The van der Waals surface area contributed by atoms with Gasteiger partial charge in [0.2, 0.25) is 5.91 Å². The normalized spacial score (nSPS) is 14.7. The summed E-state index contributed by atoms with van der Waals surface area (Å²) in [4.78, 5) is 16.2. The predicted molar refractivity (Wildman–Crippen MR) is 103 cm³/mol. The van der Waals surface area contributed by atoms with Crippen molar-refractivity contribution in [1.82, 2.24) is 4.90 Å². The smallest absolute Gasteiger partial charge is 0.416 e. The zero-order valence-corrected chi connectivity index (χ0v) is 16.3. The van der Waals surface area contributed by atoms with Crippen molar-refractivity contribution in [2.24, 2.45) is 0 Å². The number of carbonyl (C=O) groups is 1. The third kappa shape index (κ3) is 4.93. The first-order valence-corrected chi connectivity index (χ1v) is 9.22. The largest absolute Gasteiger partial charge is 0.493 e. The Kier molecular flexibility index (Phi) is 6.20. The van der Waals surface area contributed by atoms with Gasteiger partial charge < -0.3 is 19.3 Å². The van der Waals surface area contributed by atoms with E-state index in [9.17, 15) is 18.0 Å². The van der Waals surface area contributed by atoms with Crippen molar-refractivity contribution in [3.8, 4) is 11.5 Å². The highest BCUT2D eigenvalue weighted by Crippen LogP contribution is 2.32. The Morgan fingerprint density at radius 1 is 0.966 bits per heavy atom. The molecule has 8 heteroatoms. The predicted octanol–water partition coefficient (Wildman–Crippen LogP) is 3.61. The molecular formula is C21H23F3N2O3. The molecule has 1 aliphatic heterocycles. The van der Waals surface area contributed by atoms with Crippen LogP contribution in [-0.4, -0.2) is 51.2 Å². The molecule has 0 aromatic heterocycles. The lowest BCUT2D eigenvalue weighted by Gasteiger charge is -2.36. The quantitative estimate of drug-likeness (QED) is 0.758. The van der Waals surface area contributed by atoms with E-state index >= 15 is 0 Å². The summed E-state index contributed by atoms with van der Waals surface area (Å²) in [6, 6.07) is 10.6. The number of rotatable bonds is 5. The molecule has 0 atom stereocenters. The van der Waals surface area contributed by atoms with E-state index in [1.54, 1.807) is 30.2 Å². The summed E-state index contributed by atoms with van der Waals surface area (Å²) in [7, 11) is 3.09. The van der Waals surface area contributed by atoms with E-state index in [1.165, 1.54) is 13.2 Å². The fourth-order valence-corrected chi connectivity index (χ4v) is 3.37. The van der Waals surface area contributed by atoms with Crippen molar-refractivity contribution in [2.75, 3.05) is 45.3 Å². The van der Waals surface area contributed by atoms with Gasteiger partial charge in [-0.2, -0.15) is 13.2 Å². The molecule has 2 aromatic carbocycles. The number of hydrogen-bond donors (Lipinski definition) is 0. The molecule has 1 saturated heterocycles. The summed E-state index contributed by atoms with van der Waals surface area (Å²) < 4.78 is 49.2. The summed E-state index contributed by atoms with van der Waals surface area (Å²) in [5.41, 5.74) is 0.668. The first-order chi connectivity index (χ1) is 13.8. The first kappa shape index (κ1) is 20.8. The van der Waals surface area contributed by atoms with Crippen LogP contribution in [0.4, 0.5) is 18.9 Å². The molecule has 0 saturated carbocycles. The van der Waals surface area contributed by atoms with E-state index in [0.717, 1.165) is 17.7 Å². The fraction of sp³-hybridized carbons (Fsp3) is 0.381. The van der Waals surface area contributed by atoms with E-state index < -0.39 is 11.7 Å². The first-order valence-electron chi connectivity index (χ1n) is 9.22. The van der Waals surface area contributed by atoms with Gasteiger partial charge in [0.1, 0.15) is 0 Å². The van der Waals surface area contributed by atoms with Gasteiger partial charge in [-0.05, 0) is 35.9 Å². The molecule has 2 aromatic rings. The highest BCUT2D eigenvalue weighted by Gasteiger charge is 2.31. The lowest BCUT2D eigenvalue weighted by Crippen LogP contribution is -2.49. The van der Waals surface area contributed by atoms with Crippen LogP contribution in [0.5, 0.6) is 11.5 Å². The number of methoxy groups -OCH3 is 2. The molecule has 0 radical (unpaired) electrons. The van der Waals surface area contributed by atoms with Crippen LogP contribution in [0.2, 0.25) is 0 Å². The second-order valence-electron chi connectivity index (χ2n) is 6.78. The van der Waals surface area contributed by atoms with E-state index in [4.69, 9.17) is 9.47 Å². The van der Waals surface area contributed by atoms with Crippen LogP contribution < -0.4 is 14.4 Å². The van der Waals surface area contributed by atoms with Gasteiger partial charge in [-0.25, -0.2) is 0 Å². The van der Waals surface area contributed by atoms with Crippen molar-refractivity contribution < 1.29 is 27.4 Å². The Hall–Kier alpha value is -2.90. The molecule has 3 rings (SSSR count). The molecule has 156 valence electrons. The molecule has 5 nitrogen and oxygen atoms in total.